The van der Waals surface area contributed by atoms with Crippen LogP contribution in [0.2, 0.25) is 5.02 Å². The van der Waals surface area contributed by atoms with E-state index < -0.39 is 5.97 Å². The Morgan fingerprint density at radius 1 is 1.15 bits per heavy atom. The summed E-state index contributed by atoms with van der Waals surface area (Å²) in [6.07, 6.45) is 0. The zero-order chi connectivity index (χ0) is 14.5. The number of benzene rings is 2. The Labute approximate surface area is 121 Å². The number of carboxylic acids is 1. The van der Waals surface area contributed by atoms with Crippen LogP contribution in [-0.4, -0.2) is 16.8 Å². The summed E-state index contributed by atoms with van der Waals surface area (Å²) < 4.78 is 0. The fraction of sp³-hybridized carbons (Fsp3) is 0.0667. The van der Waals surface area contributed by atoms with E-state index in [2.05, 4.69) is 10.5 Å². The molecule has 2 rings (SSSR count). The molecule has 2 aromatic carbocycles. The molecule has 102 valence electrons. The Morgan fingerprint density at radius 2 is 1.80 bits per heavy atom. The van der Waals surface area contributed by atoms with Crippen LogP contribution >= 0.6 is 11.6 Å². The lowest BCUT2D eigenvalue weighted by Crippen LogP contribution is -2.04. The number of nitrogens with one attached hydrogen (secondary N) is 1. The van der Waals surface area contributed by atoms with Gasteiger partial charge in [-0.15, -0.1) is 0 Å². The molecule has 2 aromatic rings. The van der Waals surface area contributed by atoms with Crippen LogP contribution in [0.3, 0.4) is 0 Å². The van der Waals surface area contributed by atoms with Gasteiger partial charge in [0.25, 0.3) is 0 Å². The van der Waals surface area contributed by atoms with Gasteiger partial charge in [0.1, 0.15) is 0 Å². The number of rotatable bonds is 4. The van der Waals surface area contributed by atoms with Crippen LogP contribution in [0, 0.1) is 0 Å². The molecule has 0 radical (unpaired) electrons. The second kappa shape index (κ2) is 6.21. The lowest BCUT2D eigenvalue weighted by atomic mass is 10.1. The van der Waals surface area contributed by atoms with Crippen molar-refractivity contribution >= 4 is 29.0 Å². The van der Waals surface area contributed by atoms with Gasteiger partial charge in [-0.3, -0.25) is 5.43 Å². The van der Waals surface area contributed by atoms with Gasteiger partial charge in [-0.25, -0.2) is 4.79 Å². The van der Waals surface area contributed by atoms with Crippen molar-refractivity contribution in [2.24, 2.45) is 5.10 Å². The first-order chi connectivity index (χ1) is 9.58. The minimum Gasteiger partial charge on any atom is -0.478 e. The van der Waals surface area contributed by atoms with Crippen LogP contribution in [0.5, 0.6) is 0 Å². The summed E-state index contributed by atoms with van der Waals surface area (Å²) >= 11 is 5.82. The number of hydrogen-bond donors (Lipinski definition) is 2. The molecule has 4 nitrogen and oxygen atoms in total. The van der Waals surface area contributed by atoms with Crippen LogP contribution in [-0.2, 0) is 0 Å². The highest BCUT2D eigenvalue weighted by Gasteiger charge is 2.08. The second-order valence-electron chi connectivity index (χ2n) is 4.17. The van der Waals surface area contributed by atoms with Gasteiger partial charge in [0, 0.05) is 5.02 Å². The molecular formula is C15H13ClN2O2. The van der Waals surface area contributed by atoms with Gasteiger partial charge in [-0.1, -0.05) is 35.9 Å². The summed E-state index contributed by atoms with van der Waals surface area (Å²) in [7, 11) is 0. The van der Waals surface area contributed by atoms with Crippen molar-refractivity contribution in [1.29, 1.82) is 0 Å². The molecule has 0 unspecified atom stereocenters. The maximum absolute atomic E-state index is 11.1. The number of aromatic carboxylic acids is 1. The molecule has 0 amide bonds. The Hall–Kier alpha value is -2.33. The Bertz CT molecular complexity index is 651. The summed E-state index contributed by atoms with van der Waals surface area (Å²) in [5.74, 6) is -0.993. The zero-order valence-electron chi connectivity index (χ0n) is 10.8. The van der Waals surface area contributed by atoms with Gasteiger partial charge in [-0.2, -0.15) is 5.10 Å². The van der Waals surface area contributed by atoms with E-state index in [4.69, 9.17) is 16.7 Å². The third kappa shape index (κ3) is 3.36. The minimum atomic E-state index is -0.993. The van der Waals surface area contributed by atoms with E-state index in [0.717, 1.165) is 11.3 Å². The van der Waals surface area contributed by atoms with E-state index in [1.54, 1.807) is 30.3 Å². The number of nitrogens with zero attached hydrogens (tertiary/aromatic N) is 1. The van der Waals surface area contributed by atoms with Crippen LogP contribution < -0.4 is 5.43 Å². The average molecular weight is 289 g/mol. The Kier molecular flexibility index (Phi) is 4.38. The van der Waals surface area contributed by atoms with Crippen LogP contribution in [0.4, 0.5) is 5.69 Å². The number of halogens is 1. The predicted molar refractivity (Wildman–Crippen MR) is 80.7 cm³/mol. The van der Waals surface area contributed by atoms with E-state index in [1.807, 2.05) is 19.1 Å². The van der Waals surface area contributed by atoms with Gasteiger partial charge < -0.3 is 5.11 Å². The van der Waals surface area contributed by atoms with Gasteiger partial charge in [0.2, 0.25) is 0 Å². The number of hydrogen-bond acceptors (Lipinski definition) is 3. The molecule has 0 aliphatic heterocycles. The monoisotopic (exact) mass is 288 g/mol. The fourth-order valence-corrected chi connectivity index (χ4v) is 1.79. The lowest BCUT2D eigenvalue weighted by molar-refractivity contribution is 0.0698. The van der Waals surface area contributed by atoms with E-state index in [0.29, 0.717) is 10.7 Å². The van der Waals surface area contributed by atoms with Gasteiger partial charge in [0.05, 0.1) is 17.0 Å². The standard InChI is InChI=1S/C15H13ClN2O2/c1-10(11-6-8-12(16)9-7-11)17-18-14-5-3-2-4-13(14)15(19)20/h2-9,18H,1H3,(H,19,20)/b17-10+. The van der Waals surface area contributed by atoms with Crippen molar-refractivity contribution < 1.29 is 9.90 Å². The van der Waals surface area contributed by atoms with Crippen molar-refractivity contribution in [2.45, 2.75) is 6.92 Å². The highest BCUT2D eigenvalue weighted by atomic mass is 35.5. The summed E-state index contributed by atoms with van der Waals surface area (Å²) in [6, 6.07) is 13.9. The molecule has 0 aromatic heterocycles. The third-order valence-corrected chi connectivity index (χ3v) is 3.02. The van der Waals surface area contributed by atoms with Gasteiger partial charge in [-0.05, 0) is 36.8 Å². The highest BCUT2D eigenvalue weighted by Crippen LogP contribution is 2.15. The van der Waals surface area contributed by atoms with E-state index in [-0.39, 0.29) is 5.56 Å². The molecular weight excluding hydrogens is 276 g/mol. The molecule has 20 heavy (non-hydrogen) atoms. The molecule has 0 bridgehead atoms. The highest BCUT2D eigenvalue weighted by molar-refractivity contribution is 6.30. The Balaban J connectivity index is 2.21. The van der Waals surface area contributed by atoms with Gasteiger partial charge >= 0.3 is 5.97 Å². The molecule has 0 spiro atoms. The third-order valence-electron chi connectivity index (χ3n) is 2.76. The Morgan fingerprint density at radius 3 is 2.45 bits per heavy atom. The van der Waals surface area contributed by atoms with Crippen molar-refractivity contribution in [3.63, 3.8) is 0 Å². The van der Waals surface area contributed by atoms with E-state index in [9.17, 15) is 4.79 Å². The van der Waals surface area contributed by atoms with Crippen LogP contribution in [0.25, 0.3) is 0 Å². The molecule has 0 saturated heterocycles. The minimum absolute atomic E-state index is 0.181. The van der Waals surface area contributed by atoms with E-state index in [1.165, 1.54) is 6.07 Å². The lowest BCUT2D eigenvalue weighted by Gasteiger charge is -2.06. The maximum Gasteiger partial charge on any atom is 0.337 e. The number of hydrazone groups is 1. The molecule has 0 aliphatic rings. The molecule has 0 saturated carbocycles. The summed E-state index contributed by atoms with van der Waals surface area (Å²) in [6.45, 7) is 1.83. The van der Waals surface area contributed by atoms with E-state index >= 15 is 0 Å². The first-order valence-corrected chi connectivity index (χ1v) is 6.34. The quantitative estimate of drug-likeness (QED) is 0.663. The van der Waals surface area contributed by atoms with Crippen molar-refractivity contribution in [1.82, 2.24) is 0 Å². The number of carbonyl (C=O) groups is 1. The molecule has 2 N–H and O–H groups in total. The zero-order valence-corrected chi connectivity index (χ0v) is 11.6. The molecule has 5 heteroatoms. The van der Waals surface area contributed by atoms with Crippen LogP contribution in [0.15, 0.2) is 53.6 Å². The summed E-state index contributed by atoms with van der Waals surface area (Å²) in [5, 5.41) is 13.9. The number of anilines is 1. The van der Waals surface area contributed by atoms with Gasteiger partial charge in [0.15, 0.2) is 0 Å². The average Bonchev–Trinajstić information content (AvgIpc) is 2.45. The van der Waals surface area contributed by atoms with Crippen molar-refractivity contribution in [3.8, 4) is 0 Å². The SMILES string of the molecule is C/C(=N\Nc1ccccc1C(=O)O)c1ccc(Cl)cc1. The largest absolute Gasteiger partial charge is 0.478 e. The fourth-order valence-electron chi connectivity index (χ4n) is 1.67. The molecule has 0 fully saturated rings. The topological polar surface area (TPSA) is 61.7 Å². The molecule has 0 atom stereocenters. The maximum atomic E-state index is 11.1. The smallest absolute Gasteiger partial charge is 0.337 e. The van der Waals surface area contributed by atoms with Crippen LogP contribution in [0.1, 0.15) is 22.8 Å². The predicted octanol–water partition coefficient (Wildman–Crippen LogP) is 3.87. The molecule has 0 aliphatic carbocycles. The number of carboxylic acid groups (broad SMARTS) is 1. The molecule has 0 heterocycles. The first-order valence-electron chi connectivity index (χ1n) is 5.96. The number of para-hydroxylation sites is 1. The van der Waals surface area contributed by atoms with Crippen molar-refractivity contribution in [2.75, 3.05) is 5.43 Å². The first kappa shape index (κ1) is 14.1. The second-order valence-corrected chi connectivity index (χ2v) is 4.60. The normalized spacial score (nSPS) is 11.2. The summed E-state index contributed by atoms with van der Waals surface area (Å²) in [4.78, 5) is 11.1. The summed E-state index contributed by atoms with van der Waals surface area (Å²) in [5.41, 5.74) is 5.06. The van der Waals surface area contributed by atoms with Crippen molar-refractivity contribution in [3.05, 3.63) is 64.7 Å².